The summed E-state index contributed by atoms with van der Waals surface area (Å²) in [5.74, 6) is -0.464. The Morgan fingerprint density at radius 2 is 2.00 bits per heavy atom. The van der Waals surface area contributed by atoms with Crippen molar-refractivity contribution in [3.63, 3.8) is 0 Å². The highest BCUT2D eigenvalue weighted by molar-refractivity contribution is 5.81. The number of aliphatic imine (C=N–C) groups is 1. The Morgan fingerprint density at radius 3 is 2.64 bits per heavy atom. The lowest BCUT2D eigenvalue weighted by atomic mass is 9.99. The van der Waals surface area contributed by atoms with Gasteiger partial charge in [-0.3, -0.25) is 14.7 Å². The van der Waals surface area contributed by atoms with Crippen LogP contribution in [0.25, 0.3) is 0 Å². The van der Waals surface area contributed by atoms with Crippen molar-refractivity contribution in [1.82, 2.24) is 15.5 Å². The first kappa shape index (κ1) is 22.1. The molecule has 1 aliphatic heterocycles. The number of nitrogens with two attached hydrogens (primary N) is 1. The van der Waals surface area contributed by atoms with Crippen molar-refractivity contribution in [2.45, 2.75) is 19.8 Å². The van der Waals surface area contributed by atoms with E-state index in [1.54, 1.807) is 12.1 Å². The third-order valence-electron chi connectivity index (χ3n) is 4.66. The smallest absolute Gasteiger partial charge is 0.222 e. The summed E-state index contributed by atoms with van der Waals surface area (Å²) in [7, 11) is 0. The van der Waals surface area contributed by atoms with Crippen LogP contribution in [0.2, 0.25) is 0 Å². The molecule has 1 heterocycles. The van der Waals surface area contributed by atoms with Gasteiger partial charge in [-0.25, -0.2) is 4.39 Å². The summed E-state index contributed by atoms with van der Waals surface area (Å²) in [6.07, 6.45) is 1.44. The molecule has 4 N–H and O–H groups in total. The summed E-state index contributed by atoms with van der Waals surface area (Å²) in [6.45, 7) is 8.40. The summed E-state index contributed by atoms with van der Waals surface area (Å²) in [5, 5.41) is 6.50. The van der Waals surface area contributed by atoms with E-state index in [1.807, 2.05) is 6.92 Å². The molecule has 0 radical (unpaired) electrons. The number of ether oxygens (including phenoxy) is 1. The molecule has 156 valence electrons. The predicted molar refractivity (Wildman–Crippen MR) is 109 cm³/mol. The fourth-order valence-corrected chi connectivity index (χ4v) is 3.04. The molecule has 1 saturated heterocycles. The van der Waals surface area contributed by atoms with Crippen LogP contribution < -0.4 is 16.4 Å². The van der Waals surface area contributed by atoms with Crippen molar-refractivity contribution in [3.8, 4) is 0 Å². The zero-order valence-corrected chi connectivity index (χ0v) is 16.6. The summed E-state index contributed by atoms with van der Waals surface area (Å²) >= 11 is 0. The van der Waals surface area contributed by atoms with Crippen molar-refractivity contribution < 1.29 is 13.9 Å². The van der Waals surface area contributed by atoms with Gasteiger partial charge in [0.05, 0.1) is 25.7 Å². The largest absolute Gasteiger partial charge is 0.379 e. The molecule has 0 bridgehead atoms. The molecular weight excluding hydrogens is 361 g/mol. The zero-order valence-electron chi connectivity index (χ0n) is 16.6. The van der Waals surface area contributed by atoms with Crippen LogP contribution in [0.4, 0.5) is 4.39 Å². The molecule has 1 aromatic carbocycles. The van der Waals surface area contributed by atoms with Gasteiger partial charge in [-0.1, -0.05) is 12.1 Å². The van der Waals surface area contributed by atoms with Crippen molar-refractivity contribution in [1.29, 1.82) is 0 Å². The first-order valence-corrected chi connectivity index (χ1v) is 9.94. The number of hydrogen-bond acceptors (Lipinski definition) is 4. The van der Waals surface area contributed by atoms with Crippen LogP contribution in [-0.4, -0.2) is 69.2 Å². The van der Waals surface area contributed by atoms with Crippen molar-refractivity contribution >= 4 is 11.9 Å². The maximum atomic E-state index is 13.0. The second kappa shape index (κ2) is 12.3. The first-order valence-electron chi connectivity index (χ1n) is 9.94. The summed E-state index contributed by atoms with van der Waals surface area (Å²) in [6, 6.07) is 6.11. The predicted octanol–water partition coefficient (Wildman–Crippen LogP) is 0.747. The number of benzene rings is 1. The number of guanidine groups is 1. The lowest BCUT2D eigenvalue weighted by Crippen LogP contribution is -2.41. The Kier molecular flexibility index (Phi) is 9.71. The Labute approximate surface area is 166 Å². The number of carbonyl (C=O) groups is 1. The number of hydrogen-bond donors (Lipinski definition) is 3. The number of nitrogens with zero attached hydrogens (tertiary/aromatic N) is 2. The van der Waals surface area contributed by atoms with E-state index in [2.05, 4.69) is 20.5 Å². The molecule has 2 rings (SSSR count). The average molecular weight is 394 g/mol. The summed E-state index contributed by atoms with van der Waals surface area (Å²) < 4.78 is 18.4. The highest BCUT2D eigenvalue weighted by atomic mass is 19.1. The monoisotopic (exact) mass is 393 g/mol. The molecule has 1 amide bonds. The van der Waals surface area contributed by atoms with Gasteiger partial charge in [0.15, 0.2) is 5.96 Å². The van der Waals surface area contributed by atoms with Gasteiger partial charge >= 0.3 is 0 Å². The van der Waals surface area contributed by atoms with Crippen LogP contribution in [0.1, 0.15) is 18.9 Å². The number of morpholine rings is 1. The van der Waals surface area contributed by atoms with E-state index in [0.29, 0.717) is 12.4 Å². The van der Waals surface area contributed by atoms with Gasteiger partial charge in [-0.15, -0.1) is 0 Å². The minimum absolute atomic E-state index is 0.283. The van der Waals surface area contributed by atoms with E-state index in [4.69, 9.17) is 10.5 Å². The Hall–Kier alpha value is -2.19. The molecule has 1 aliphatic rings. The van der Waals surface area contributed by atoms with E-state index in [9.17, 15) is 9.18 Å². The summed E-state index contributed by atoms with van der Waals surface area (Å²) in [4.78, 5) is 18.7. The fourth-order valence-electron chi connectivity index (χ4n) is 3.04. The zero-order chi connectivity index (χ0) is 20.2. The van der Waals surface area contributed by atoms with Gasteiger partial charge < -0.3 is 21.1 Å². The van der Waals surface area contributed by atoms with Crippen LogP contribution in [-0.2, 0) is 16.0 Å². The SMILES string of the molecule is CCNC(=NCC(Cc1ccc(F)cc1)C(N)=O)NCCCN1CCOCC1. The second-order valence-corrected chi connectivity index (χ2v) is 6.88. The molecule has 8 heteroatoms. The molecule has 28 heavy (non-hydrogen) atoms. The molecule has 0 spiro atoms. The van der Waals surface area contributed by atoms with Gasteiger partial charge in [-0.05, 0) is 44.0 Å². The number of rotatable bonds is 10. The maximum absolute atomic E-state index is 13.0. The third-order valence-corrected chi connectivity index (χ3v) is 4.66. The number of halogens is 1. The van der Waals surface area contributed by atoms with Gasteiger partial charge in [0.2, 0.25) is 5.91 Å². The van der Waals surface area contributed by atoms with E-state index in [-0.39, 0.29) is 12.4 Å². The summed E-state index contributed by atoms with van der Waals surface area (Å²) in [5.41, 5.74) is 6.40. The standard InChI is InChI=1S/C20H32FN5O2/c1-2-23-20(24-8-3-9-26-10-12-28-13-11-26)25-15-17(19(22)27)14-16-4-6-18(21)7-5-16/h4-7,17H,2-3,8-15H2,1H3,(H2,22,27)(H2,23,24,25). The molecule has 1 atom stereocenters. The third kappa shape index (κ3) is 8.22. The highest BCUT2D eigenvalue weighted by Crippen LogP contribution is 2.10. The average Bonchev–Trinajstić information content (AvgIpc) is 2.70. The fraction of sp³-hybridized carbons (Fsp3) is 0.600. The van der Waals surface area contributed by atoms with Crippen LogP contribution in [0.15, 0.2) is 29.3 Å². The van der Waals surface area contributed by atoms with Crippen LogP contribution in [0.5, 0.6) is 0 Å². The van der Waals surface area contributed by atoms with Gasteiger partial charge in [0.1, 0.15) is 5.82 Å². The number of amides is 1. The molecule has 0 aliphatic carbocycles. The van der Waals surface area contributed by atoms with Gasteiger partial charge in [0, 0.05) is 26.2 Å². The molecule has 1 fully saturated rings. The van der Waals surface area contributed by atoms with Crippen LogP contribution in [0, 0.1) is 11.7 Å². The minimum Gasteiger partial charge on any atom is -0.379 e. The van der Waals surface area contributed by atoms with Crippen molar-refractivity contribution in [2.24, 2.45) is 16.6 Å². The van der Waals surface area contributed by atoms with E-state index in [1.165, 1.54) is 12.1 Å². The van der Waals surface area contributed by atoms with Crippen molar-refractivity contribution in [3.05, 3.63) is 35.6 Å². The lowest BCUT2D eigenvalue weighted by Gasteiger charge is -2.26. The molecule has 1 aromatic rings. The highest BCUT2D eigenvalue weighted by Gasteiger charge is 2.16. The van der Waals surface area contributed by atoms with E-state index in [0.717, 1.165) is 57.9 Å². The Balaban J connectivity index is 1.81. The van der Waals surface area contributed by atoms with Crippen LogP contribution >= 0.6 is 0 Å². The Morgan fingerprint density at radius 1 is 1.29 bits per heavy atom. The van der Waals surface area contributed by atoms with Crippen LogP contribution in [0.3, 0.4) is 0 Å². The molecule has 0 saturated carbocycles. The van der Waals surface area contributed by atoms with Gasteiger partial charge in [0.25, 0.3) is 0 Å². The molecular formula is C20H32FN5O2. The molecule has 1 unspecified atom stereocenters. The Bertz CT molecular complexity index is 618. The number of primary amides is 1. The van der Waals surface area contributed by atoms with Crippen molar-refractivity contribution in [2.75, 3.05) is 52.5 Å². The molecule has 7 nitrogen and oxygen atoms in total. The lowest BCUT2D eigenvalue weighted by molar-refractivity contribution is -0.121. The minimum atomic E-state index is -0.436. The number of carbonyl (C=O) groups excluding carboxylic acids is 1. The quantitative estimate of drug-likeness (QED) is 0.310. The maximum Gasteiger partial charge on any atom is 0.222 e. The van der Waals surface area contributed by atoms with E-state index >= 15 is 0 Å². The topological polar surface area (TPSA) is 92.0 Å². The van der Waals surface area contributed by atoms with E-state index < -0.39 is 11.8 Å². The second-order valence-electron chi connectivity index (χ2n) is 6.88. The normalized spacial score (nSPS) is 16.6. The first-order chi connectivity index (χ1) is 13.6. The van der Waals surface area contributed by atoms with Gasteiger partial charge in [-0.2, -0.15) is 0 Å². The molecule has 0 aromatic heterocycles. The number of nitrogens with one attached hydrogen (secondary N) is 2.